The van der Waals surface area contributed by atoms with E-state index in [2.05, 4.69) is 241 Å². The smallest absolute Gasteiger partial charge is 0.159 e. The summed E-state index contributed by atoms with van der Waals surface area (Å²) in [5, 5.41) is 4.14. The summed E-state index contributed by atoms with van der Waals surface area (Å²) in [6, 6.07) is 85.1. The Kier molecular flexibility index (Phi) is 8.13. The fourth-order valence-corrected chi connectivity index (χ4v) is 10.5. The van der Waals surface area contributed by atoms with E-state index in [-0.39, 0.29) is 0 Å². The van der Waals surface area contributed by atoms with Crippen LogP contribution in [0.4, 0.5) is 17.1 Å². The zero-order valence-corrected chi connectivity index (χ0v) is 34.8. The molecule has 0 radical (unpaired) electrons. The minimum atomic E-state index is -0.546. The Hall–Kier alpha value is -8.40. The van der Waals surface area contributed by atoms with Crippen LogP contribution in [0, 0.1) is 0 Å². The molecular weight excluding hydrogens is 779 g/mol. The highest BCUT2D eigenvalue weighted by molar-refractivity contribution is 6.17. The topological polar surface area (TPSA) is 29.5 Å². The van der Waals surface area contributed by atoms with Gasteiger partial charge in [-0.1, -0.05) is 188 Å². The molecule has 300 valence electrons. The molecule has 1 aliphatic rings. The predicted octanol–water partition coefficient (Wildman–Crippen LogP) is 16.7. The van der Waals surface area contributed by atoms with Crippen LogP contribution in [0.2, 0.25) is 0 Å². The number of hydrogen-bond donors (Lipinski definition) is 0. The molecule has 0 unspecified atom stereocenters. The lowest BCUT2D eigenvalue weighted by Crippen LogP contribution is -2.28. The molecule has 0 spiro atoms. The summed E-state index contributed by atoms with van der Waals surface area (Å²) >= 11 is 0. The fraction of sp³-hybridized carbons (Fsp3) is 0.0164. The summed E-state index contributed by atoms with van der Waals surface area (Å²) in [7, 11) is 0. The maximum atomic E-state index is 7.13. The third-order valence-electron chi connectivity index (χ3n) is 13.3. The first-order chi connectivity index (χ1) is 31.7. The van der Waals surface area contributed by atoms with Gasteiger partial charge in [-0.2, -0.15) is 0 Å². The number of furan rings is 2. The largest absolute Gasteiger partial charge is 0.456 e. The molecule has 2 heterocycles. The molecule has 2 aromatic heterocycles. The lowest BCUT2D eigenvalue weighted by Gasteiger charge is -2.34. The molecule has 0 bridgehead atoms. The van der Waals surface area contributed by atoms with E-state index in [1.54, 1.807) is 0 Å². The van der Waals surface area contributed by atoms with Crippen LogP contribution in [0.1, 0.15) is 22.3 Å². The third kappa shape index (κ3) is 5.41. The first-order valence-corrected chi connectivity index (χ1v) is 21.9. The van der Waals surface area contributed by atoms with E-state index in [1.807, 2.05) is 0 Å². The molecule has 3 heteroatoms. The highest BCUT2D eigenvalue weighted by Gasteiger charge is 2.47. The second kappa shape index (κ2) is 14.3. The van der Waals surface area contributed by atoms with Crippen molar-refractivity contribution in [3.05, 3.63) is 259 Å². The van der Waals surface area contributed by atoms with E-state index < -0.39 is 5.41 Å². The van der Waals surface area contributed by atoms with Gasteiger partial charge in [0.2, 0.25) is 0 Å². The van der Waals surface area contributed by atoms with Crippen LogP contribution in [0.3, 0.4) is 0 Å². The Morgan fingerprint density at radius 1 is 0.328 bits per heavy atom. The van der Waals surface area contributed by atoms with Crippen LogP contribution in [0.15, 0.2) is 245 Å². The number of fused-ring (bicyclic) bond motifs is 9. The molecular formula is C61H39NO2. The Bertz CT molecular complexity index is 3660. The first-order valence-electron chi connectivity index (χ1n) is 21.9. The van der Waals surface area contributed by atoms with Crippen LogP contribution >= 0.6 is 0 Å². The van der Waals surface area contributed by atoms with Gasteiger partial charge in [-0.05, 0) is 98.6 Å². The van der Waals surface area contributed by atoms with E-state index in [9.17, 15) is 0 Å². The number of rotatable bonds is 7. The molecule has 0 saturated heterocycles. The van der Waals surface area contributed by atoms with Gasteiger partial charge < -0.3 is 13.7 Å². The maximum Gasteiger partial charge on any atom is 0.159 e. The number of hydrogen-bond acceptors (Lipinski definition) is 3. The van der Waals surface area contributed by atoms with Crippen LogP contribution < -0.4 is 4.90 Å². The monoisotopic (exact) mass is 817 g/mol. The van der Waals surface area contributed by atoms with Crippen molar-refractivity contribution >= 4 is 60.9 Å². The Morgan fingerprint density at radius 2 is 0.844 bits per heavy atom. The van der Waals surface area contributed by atoms with Crippen molar-refractivity contribution in [2.24, 2.45) is 0 Å². The minimum absolute atomic E-state index is 0.546. The molecule has 0 saturated carbocycles. The van der Waals surface area contributed by atoms with E-state index >= 15 is 0 Å². The lowest BCUT2D eigenvalue weighted by atomic mass is 9.68. The Labute approximate surface area is 370 Å². The van der Waals surface area contributed by atoms with Crippen LogP contribution in [-0.2, 0) is 5.41 Å². The molecule has 1 aliphatic carbocycles. The van der Waals surface area contributed by atoms with Crippen molar-refractivity contribution in [3.63, 3.8) is 0 Å². The Balaban J connectivity index is 1.06. The van der Waals surface area contributed by atoms with Gasteiger partial charge in [0.05, 0.1) is 16.8 Å². The average Bonchev–Trinajstić information content (AvgIpc) is 4.02. The van der Waals surface area contributed by atoms with E-state index in [0.717, 1.165) is 72.1 Å². The lowest BCUT2D eigenvalue weighted by molar-refractivity contribution is 0.664. The van der Waals surface area contributed by atoms with Gasteiger partial charge in [0.1, 0.15) is 16.7 Å². The molecule has 0 aliphatic heterocycles. The van der Waals surface area contributed by atoms with E-state index in [1.165, 1.54) is 44.5 Å². The van der Waals surface area contributed by atoms with Gasteiger partial charge >= 0.3 is 0 Å². The molecule has 13 rings (SSSR count). The van der Waals surface area contributed by atoms with Crippen LogP contribution in [-0.4, -0.2) is 0 Å². The fourth-order valence-electron chi connectivity index (χ4n) is 10.5. The SMILES string of the molecule is c1ccc(-c2ccc(N(c3cccc4c3-c3ccccc3C4(c3ccccc3)c3ccccc3)c3cccc4c3oc3cc5c(cc34)oc3ccc(-c4ccccc4)cc35)cc2)cc1. The number of benzene rings is 10. The summed E-state index contributed by atoms with van der Waals surface area (Å²) in [6.45, 7) is 0. The van der Waals surface area contributed by atoms with Gasteiger partial charge in [-0.15, -0.1) is 0 Å². The molecule has 64 heavy (non-hydrogen) atoms. The first kappa shape index (κ1) is 36.3. The summed E-state index contributed by atoms with van der Waals surface area (Å²) in [4.78, 5) is 2.41. The molecule has 0 N–H and O–H groups in total. The molecule has 3 nitrogen and oxygen atoms in total. The van der Waals surface area contributed by atoms with Crippen molar-refractivity contribution in [3.8, 4) is 33.4 Å². The van der Waals surface area contributed by atoms with Crippen LogP contribution in [0.5, 0.6) is 0 Å². The van der Waals surface area contributed by atoms with Crippen molar-refractivity contribution in [2.45, 2.75) is 5.41 Å². The molecule has 12 aromatic rings. The minimum Gasteiger partial charge on any atom is -0.456 e. The Morgan fingerprint density at radius 3 is 1.55 bits per heavy atom. The van der Waals surface area contributed by atoms with Crippen molar-refractivity contribution in [1.82, 2.24) is 0 Å². The highest BCUT2D eigenvalue weighted by Crippen LogP contribution is 2.60. The van der Waals surface area contributed by atoms with Crippen molar-refractivity contribution < 1.29 is 8.83 Å². The molecule has 0 fully saturated rings. The number of nitrogens with zero attached hydrogens (tertiary/aromatic N) is 1. The highest BCUT2D eigenvalue weighted by atomic mass is 16.3. The quantitative estimate of drug-likeness (QED) is 0.160. The standard InChI is InChI=1S/C61H39NO2/c1-5-17-40(18-6-1)42-31-34-46(35-32-42)62(54-29-16-28-53-59(54)48-25-13-14-27-52(48)61(53,44-21-9-3-10-22-44)45-23-11-4-12-24-45)55-30-15-26-47-50-38-57-51(39-58(50)64-60(47)55)49-37-43(33-36-56(49)63-57)41-19-7-2-8-20-41/h1-39H. The third-order valence-corrected chi connectivity index (χ3v) is 13.3. The molecule has 0 atom stereocenters. The van der Waals surface area contributed by atoms with Gasteiger partial charge in [0, 0.05) is 32.8 Å². The average molecular weight is 818 g/mol. The molecule has 10 aromatic carbocycles. The second-order valence-electron chi connectivity index (χ2n) is 16.8. The van der Waals surface area contributed by atoms with E-state index in [0.29, 0.717) is 0 Å². The summed E-state index contributed by atoms with van der Waals surface area (Å²) < 4.78 is 13.7. The molecule has 0 amide bonds. The number of para-hydroxylation sites is 1. The van der Waals surface area contributed by atoms with Gasteiger partial charge in [-0.25, -0.2) is 0 Å². The zero-order valence-electron chi connectivity index (χ0n) is 34.8. The summed E-state index contributed by atoms with van der Waals surface area (Å²) in [5.41, 5.74) is 17.9. The summed E-state index contributed by atoms with van der Waals surface area (Å²) in [5.74, 6) is 0. The second-order valence-corrected chi connectivity index (χ2v) is 16.8. The van der Waals surface area contributed by atoms with Gasteiger partial charge in [0.25, 0.3) is 0 Å². The summed E-state index contributed by atoms with van der Waals surface area (Å²) in [6.07, 6.45) is 0. The van der Waals surface area contributed by atoms with Crippen molar-refractivity contribution in [2.75, 3.05) is 4.90 Å². The predicted molar refractivity (Wildman–Crippen MR) is 264 cm³/mol. The normalized spacial score (nSPS) is 12.8. The van der Waals surface area contributed by atoms with E-state index in [4.69, 9.17) is 8.83 Å². The maximum absolute atomic E-state index is 7.13. The number of anilines is 3. The van der Waals surface area contributed by atoms with Gasteiger partial charge in [0.15, 0.2) is 5.58 Å². The van der Waals surface area contributed by atoms with Gasteiger partial charge in [-0.3, -0.25) is 0 Å². The van der Waals surface area contributed by atoms with Crippen LogP contribution in [0.25, 0.3) is 77.3 Å². The zero-order chi connectivity index (χ0) is 42.2. The van der Waals surface area contributed by atoms with Crippen molar-refractivity contribution in [1.29, 1.82) is 0 Å².